The number of hydrogen-bond acceptors (Lipinski definition) is 7. The highest BCUT2D eigenvalue weighted by Crippen LogP contribution is 2.25. The van der Waals surface area contributed by atoms with Crippen molar-refractivity contribution in [2.45, 2.75) is 6.42 Å². The molecule has 1 N–H and O–H groups in total. The number of sulfonamides is 1. The Morgan fingerprint density at radius 1 is 0.933 bits per heavy atom. The van der Waals surface area contributed by atoms with Crippen molar-refractivity contribution >= 4 is 21.4 Å². The molecule has 30 heavy (non-hydrogen) atoms. The highest BCUT2D eigenvalue weighted by atomic mass is 32.2. The Labute approximate surface area is 180 Å². The number of nitrogens with one attached hydrogen (secondary N) is 1. The minimum Gasteiger partial charge on any atom is -0.497 e. The zero-order chi connectivity index (χ0) is 21.4. The minimum absolute atomic E-state index is 0.0694. The third-order valence-corrected chi connectivity index (χ3v) is 6.56. The van der Waals surface area contributed by atoms with Crippen LogP contribution in [0.15, 0.2) is 53.9 Å². The number of hydrogen-bond donors (Lipinski definition) is 1. The van der Waals surface area contributed by atoms with E-state index in [1.807, 2.05) is 29.6 Å². The van der Waals surface area contributed by atoms with Crippen molar-refractivity contribution in [1.29, 1.82) is 0 Å². The number of benzene rings is 2. The van der Waals surface area contributed by atoms with Gasteiger partial charge in [0.25, 0.3) is 0 Å². The molecule has 9 heteroatoms. The molecule has 0 radical (unpaired) electrons. The smallest absolute Gasteiger partial charge is 0.214 e. The largest absolute Gasteiger partial charge is 0.497 e. The topological polar surface area (TPSA) is 86.8 Å². The highest BCUT2D eigenvalue weighted by Gasteiger charge is 2.11. The summed E-state index contributed by atoms with van der Waals surface area (Å²) in [4.78, 5) is 4.58. The van der Waals surface area contributed by atoms with Crippen LogP contribution >= 0.6 is 11.3 Å². The zero-order valence-corrected chi connectivity index (χ0v) is 18.5. The van der Waals surface area contributed by atoms with Crippen LogP contribution in [0.2, 0.25) is 0 Å². The second kappa shape index (κ2) is 10.4. The van der Waals surface area contributed by atoms with Gasteiger partial charge in [0.15, 0.2) is 0 Å². The molecule has 0 amide bonds. The maximum atomic E-state index is 12.2. The van der Waals surface area contributed by atoms with Crippen molar-refractivity contribution in [2.75, 3.05) is 33.1 Å². The first-order valence-electron chi connectivity index (χ1n) is 9.32. The summed E-state index contributed by atoms with van der Waals surface area (Å²) in [5.74, 6) is 1.99. The molecule has 0 fully saturated rings. The Morgan fingerprint density at radius 3 is 2.17 bits per heavy atom. The van der Waals surface area contributed by atoms with Crippen LogP contribution in [-0.4, -0.2) is 46.5 Å². The lowest BCUT2D eigenvalue weighted by Crippen LogP contribution is -2.30. The van der Waals surface area contributed by atoms with E-state index in [0.717, 1.165) is 22.0 Å². The SMILES string of the molecule is COc1ccc(OCCS(=O)(=O)NCCc2csc(-c3ccc(OC)cc3)n2)cc1. The number of methoxy groups -OCH3 is 2. The number of aromatic nitrogens is 1. The molecule has 0 aliphatic heterocycles. The van der Waals surface area contributed by atoms with Crippen molar-refractivity contribution in [3.05, 3.63) is 59.6 Å². The van der Waals surface area contributed by atoms with Crippen LogP contribution in [0.4, 0.5) is 0 Å². The lowest BCUT2D eigenvalue weighted by Gasteiger charge is -2.08. The van der Waals surface area contributed by atoms with Gasteiger partial charge < -0.3 is 14.2 Å². The summed E-state index contributed by atoms with van der Waals surface area (Å²) in [6.45, 7) is 0.358. The van der Waals surface area contributed by atoms with Crippen molar-refractivity contribution < 1.29 is 22.6 Å². The second-order valence-electron chi connectivity index (χ2n) is 6.36. The summed E-state index contributed by atoms with van der Waals surface area (Å²) in [7, 11) is -0.215. The summed E-state index contributed by atoms with van der Waals surface area (Å²) in [5.41, 5.74) is 1.85. The van der Waals surface area contributed by atoms with Crippen molar-refractivity contribution in [1.82, 2.24) is 9.71 Å². The molecule has 1 heterocycles. The zero-order valence-electron chi connectivity index (χ0n) is 16.8. The maximum Gasteiger partial charge on any atom is 0.214 e. The molecular weight excluding hydrogens is 424 g/mol. The standard InChI is InChI=1S/C21H24N2O5S2/c1-26-18-5-3-16(4-6-18)21-23-17(15-29-21)11-12-22-30(24,25)14-13-28-20-9-7-19(27-2)8-10-20/h3-10,15,22H,11-14H2,1-2H3. The molecule has 0 saturated heterocycles. The number of rotatable bonds is 11. The Morgan fingerprint density at radius 2 is 1.53 bits per heavy atom. The third kappa shape index (κ3) is 6.45. The van der Waals surface area contributed by atoms with Gasteiger partial charge in [-0.25, -0.2) is 18.1 Å². The molecule has 3 rings (SSSR count). The first kappa shape index (κ1) is 22.1. The molecular formula is C21H24N2O5S2. The third-order valence-electron chi connectivity index (χ3n) is 4.27. The van der Waals surface area contributed by atoms with E-state index in [9.17, 15) is 8.42 Å². The summed E-state index contributed by atoms with van der Waals surface area (Å²) in [6, 6.07) is 14.7. The van der Waals surface area contributed by atoms with Crippen LogP contribution in [0.1, 0.15) is 5.69 Å². The van der Waals surface area contributed by atoms with Gasteiger partial charge in [-0.3, -0.25) is 0 Å². The van der Waals surface area contributed by atoms with Gasteiger partial charge in [-0.1, -0.05) is 0 Å². The van der Waals surface area contributed by atoms with Crippen LogP contribution < -0.4 is 18.9 Å². The van der Waals surface area contributed by atoms with Gasteiger partial charge in [0.05, 0.1) is 25.7 Å². The van der Waals surface area contributed by atoms with Gasteiger partial charge in [0, 0.05) is 23.9 Å². The van der Waals surface area contributed by atoms with E-state index in [2.05, 4.69) is 9.71 Å². The van der Waals surface area contributed by atoms with E-state index in [1.54, 1.807) is 38.5 Å². The Balaban J connectivity index is 1.42. The van der Waals surface area contributed by atoms with Crippen molar-refractivity contribution in [3.8, 4) is 27.8 Å². The van der Waals surface area contributed by atoms with E-state index in [-0.39, 0.29) is 18.9 Å². The van der Waals surface area contributed by atoms with Gasteiger partial charge in [-0.05, 0) is 48.5 Å². The summed E-state index contributed by atoms with van der Waals surface area (Å²) < 4.78 is 42.6. The van der Waals surface area contributed by atoms with E-state index < -0.39 is 10.0 Å². The van der Waals surface area contributed by atoms with Crippen molar-refractivity contribution in [3.63, 3.8) is 0 Å². The Bertz CT molecular complexity index is 1030. The lowest BCUT2D eigenvalue weighted by molar-refractivity contribution is 0.339. The Hall–Kier alpha value is -2.62. The quantitative estimate of drug-likeness (QED) is 0.484. The molecule has 0 unspecified atom stereocenters. The van der Waals surface area contributed by atoms with Crippen molar-refractivity contribution in [2.24, 2.45) is 0 Å². The van der Waals surface area contributed by atoms with E-state index >= 15 is 0 Å². The summed E-state index contributed by atoms with van der Waals surface area (Å²) >= 11 is 1.53. The number of thiazole rings is 1. The van der Waals surface area contributed by atoms with Crippen LogP contribution in [0, 0.1) is 0 Å². The molecule has 0 saturated carbocycles. The van der Waals surface area contributed by atoms with E-state index in [0.29, 0.717) is 17.9 Å². The van der Waals surface area contributed by atoms with Crippen LogP contribution in [-0.2, 0) is 16.4 Å². The number of nitrogens with zero attached hydrogens (tertiary/aromatic N) is 1. The molecule has 7 nitrogen and oxygen atoms in total. The van der Waals surface area contributed by atoms with Gasteiger partial charge in [0.2, 0.25) is 10.0 Å². The van der Waals surface area contributed by atoms with Crippen LogP contribution in [0.3, 0.4) is 0 Å². The minimum atomic E-state index is -3.43. The summed E-state index contributed by atoms with van der Waals surface area (Å²) in [6.07, 6.45) is 0.519. The summed E-state index contributed by atoms with van der Waals surface area (Å²) in [5, 5.41) is 2.84. The maximum absolute atomic E-state index is 12.2. The monoisotopic (exact) mass is 448 g/mol. The average molecular weight is 449 g/mol. The van der Waals surface area contributed by atoms with Gasteiger partial charge >= 0.3 is 0 Å². The molecule has 1 aromatic heterocycles. The lowest BCUT2D eigenvalue weighted by atomic mass is 10.2. The molecule has 0 spiro atoms. The van der Waals surface area contributed by atoms with Gasteiger partial charge in [0.1, 0.15) is 28.9 Å². The number of ether oxygens (including phenoxy) is 3. The highest BCUT2D eigenvalue weighted by molar-refractivity contribution is 7.89. The van der Waals surface area contributed by atoms with Gasteiger partial charge in [-0.15, -0.1) is 11.3 Å². The fourth-order valence-corrected chi connectivity index (χ4v) is 4.36. The molecule has 0 atom stereocenters. The molecule has 160 valence electrons. The molecule has 0 aliphatic carbocycles. The fraction of sp³-hybridized carbons (Fsp3) is 0.286. The molecule has 2 aromatic carbocycles. The second-order valence-corrected chi connectivity index (χ2v) is 9.14. The average Bonchev–Trinajstić information content (AvgIpc) is 3.23. The van der Waals surface area contributed by atoms with E-state index in [1.165, 1.54) is 11.3 Å². The Kier molecular flexibility index (Phi) is 7.67. The first-order valence-corrected chi connectivity index (χ1v) is 11.9. The van der Waals surface area contributed by atoms with Crippen LogP contribution in [0.5, 0.6) is 17.2 Å². The first-order chi connectivity index (χ1) is 14.5. The molecule has 0 aliphatic rings. The van der Waals surface area contributed by atoms with Gasteiger partial charge in [-0.2, -0.15) is 0 Å². The molecule has 0 bridgehead atoms. The van der Waals surface area contributed by atoms with Crippen LogP contribution in [0.25, 0.3) is 10.6 Å². The predicted molar refractivity (Wildman–Crippen MR) is 118 cm³/mol. The predicted octanol–water partition coefficient (Wildman–Crippen LogP) is 3.37. The fourth-order valence-electron chi connectivity index (χ4n) is 2.64. The van der Waals surface area contributed by atoms with E-state index in [4.69, 9.17) is 14.2 Å². The molecule has 3 aromatic rings. The normalized spacial score (nSPS) is 11.3.